The number of rotatable bonds is 6. The number of benzene rings is 2. The molecular formula is C23H26N4O2. The lowest BCUT2D eigenvalue weighted by molar-refractivity contribution is 0.354. The van der Waals surface area contributed by atoms with Crippen LogP contribution in [0.4, 0.5) is 17.5 Å². The Morgan fingerprint density at radius 2 is 1.83 bits per heavy atom. The second-order valence-electron chi connectivity index (χ2n) is 7.12. The zero-order chi connectivity index (χ0) is 20.2. The summed E-state index contributed by atoms with van der Waals surface area (Å²) in [6, 6.07) is 16.5. The van der Waals surface area contributed by atoms with E-state index in [1.807, 2.05) is 31.2 Å². The maximum absolute atomic E-state index is 5.39. The highest BCUT2D eigenvalue weighted by Crippen LogP contribution is 2.33. The quantitative estimate of drug-likeness (QED) is 0.669. The summed E-state index contributed by atoms with van der Waals surface area (Å²) in [5.41, 5.74) is 4.61. The largest absolute Gasteiger partial charge is 0.493 e. The van der Waals surface area contributed by atoms with Crippen LogP contribution in [0.25, 0.3) is 0 Å². The molecule has 6 nitrogen and oxygen atoms in total. The number of anilines is 3. The van der Waals surface area contributed by atoms with Crippen LogP contribution < -0.4 is 19.7 Å². The molecule has 0 radical (unpaired) electrons. The minimum Gasteiger partial charge on any atom is -0.493 e. The maximum Gasteiger partial charge on any atom is 0.225 e. The van der Waals surface area contributed by atoms with E-state index in [0.29, 0.717) is 24.0 Å². The zero-order valence-electron chi connectivity index (χ0n) is 17.1. The molecule has 6 heteroatoms. The number of hydrogen-bond donors (Lipinski definition) is 1. The molecule has 4 rings (SSSR count). The lowest BCUT2D eigenvalue weighted by atomic mass is 10.0. The number of aryl methyl sites for hydroxylation is 2. The van der Waals surface area contributed by atoms with Crippen LogP contribution >= 0.6 is 0 Å². The number of nitrogens with one attached hydrogen (secondary N) is 1. The average Bonchev–Trinajstić information content (AvgIpc) is 2.76. The van der Waals surface area contributed by atoms with Gasteiger partial charge in [-0.05, 0) is 49.1 Å². The zero-order valence-corrected chi connectivity index (χ0v) is 17.1. The van der Waals surface area contributed by atoms with Gasteiger partial charge in [0.1, 0.15) is 5.82 Å². The van der Waals surface area contributed by atoms with Crippen molar-refractivity contribution < 1.29 is 9.47 Å². The predicted octanol–water partition coefficient (Wildman–Crippen LogP) is 4.50. The van der Waals surface area contributed by atoms with Gasteiger partial charge in [0.25, 0.3) is 0 Å². The lowest BCUT2D eigenvalue weighted by Gasteiger charge is -2.30. The topological polar surface area (TPSA) is 59.5 Å². The summed E-state index contributed by atoms with van der Waals surface area (Å²) in [6.45, 7) is 3.56. The summed E-state index contributed by atoms with van der Waals surface area (Å²) in [4.78, 5) is 11.7. The summed E-state index contributed by atoms with van der Waals surface area (Å²) in [5, 5.41) is 3.35. The Hall–Kier alpha value is -3.28. The number of hydrogen-bond acceptors (Lipinski definition) is 6. The highest BCUT2D eigenvalue weighted by molar-refractivity contribution is 5.66. The van der Waals surface area contributed by atoms with Gasteiger partial charge in [0.2, 0.25) is 5.95 Å². The van der Waals surface area contributed by atoms with E-state index >= 15 is 0 Å². The van der Waals surface area contributed by atoms with Crippen molar-refractivity contribution in [2.45, 2.75) is 26.3 Å². The van der Waals surface area contributed by atoms with Crippen molar-refractivity contribution in [1.82, 2.24) is 9.97 Å². The third-order valence-electron chi connectivity index (χ3n) is 5.13. The van der Waals surface area contributed by atoms with E-state index in [-0.39, 0.29) is 0 Å². The fourth-order valence-corrected chi connectivity index (χ4v) is 3.71. The molecule has 0 unspecified atom stereocenters. The molecule has 150 valence electrons. The molecule has 0 fully saturated rings. The van der Waals surface area contributed by atoms with Crippen LogP contribution in [0.1, 0.15) is 23.2 Å². The molecule has 1 N–H and O–H groups in total. The lowest BCUT2D eigenvalue weighted by Crippen LogP contribution is -2.25. The maximum atomic E-state index is 5.39. The normalized spacial score (nSPS) is 13.0. The summed E-state index contributed by atoms with van der Waals surface area (Å²) in [7, 11) is 3.28. The standard InChI is InChI=1S/C23H26N4O2/c1-16-13-22(27-12-6-8-18-7-4-5-9-19(18)27)26-23(25-16)24-15-17-10-11-20(28-2)21(14-17)29-3/h4-5,7,9-11,13-14H,6,8,12,15H2,1-3H3,(H,24,25,26). The molecule has 0 aliphatic carbocycles. The first kappa shape index (κ1) is 19.1. The van der Waals surface area contributed by atoms with Crippen LogP contribution in [0.5, 0.6) is 11.5 Å². The second-order valence-corrected chi connectivity index (χ2v) is 7.12. The van der Waals surface area contributed by atoms with E-state index in [0.717, 1.165) is 36.5 Å². The number of para-hydroxylation sites is 1. The molecule has 1 aliphatic rings. The molecule has 29 heavy (non-hydrogen) atoms. The molecule has 0 saturated heterocycles. The van der Waals surface area contributed by atoms with Gasteiger partial charge in [-0.3, -0.25) is 0 Å². The number of aromatic nitrogens is 2. The van der Waals surface area contributed by atoms with E-state index in [4.69, 9.17) is 14.5 Å². The van der Waals surface area contributed by atoms with Crippen LogP contribution in [0.15, 0.2) is 48.5 Å². The molecule has 0 bridgehead atoms. The third-order valence-corrected chi connectivity index (χ3v) is 5.13. The first-order valence-corrected chi connectivity index (χ1v) is 9.84. The minimum absolute atomic E-state index is 0.597. The van der Waals surface area contributed by atoms with Crippen LogP contribution in [0, 0.1) is 6.92 Å². The molecule has 2 heterocycles. The van der Waals surface area contributed by atoms with Gasteiger partial charge in [-0.2, -0.15) is 4.98 Å². The van der Waals surface area contributed by atoms with Gasteiger partial charge >= 0.3 is 0 Å². The van der Waals surface area contributed by atoms with Gasteiger partial charge < -0.3 is 19.7 Å². The second kappa shape index (κ2) is 8.39. The van der Waals surface area contributed by atoms with E-state index in [1.165, 1.54) is 11.3 Å². The van der Waals surface area contributed by atoms with Crippen molar-refractivity contribution in [3.63, 3.8) is 0 Å². The summed E-state index contributed by atoms with van der Waals surface area (Å²) < 4.78 is 10.7. The molecule has 3 aromatic rings. The highest BCUT2D eigenvalue weighted by atomic mass is 16.5. The Kier molecular flexibility index (Phi) is 5.51. The molecule has 0 atom stereocenters. The van der Waals surface area contributed by atoms with Crippen molar-refractivity contribution in [3.05, 3.63) is 65.4 Å². The number of ether oxygens (including phenoxy) is 2. The molecule has 1 aliphatic heterocycles. The van der Waals surface area contributed by atoms with E-state index in [2.05, 4.69) is 39.5 Å². The summed E-state index contributed by atoms with van der Waals surface area (Å²) in [5.74, 6) is 2.98. The number of nitrogens with zero attached hydrogens (tertiary/aromatic N) is 3. The Balaban J connectivity index is 1.56. The average molecular weight is 390 g/mol. The highest BCUT2D eigenvalue weighted by Gasteiger charge is 2.19. The Morgan fingerprint density at radius 3 is 2.66 bits per heavy atom. The fraction of sp³-hybridized carbons (Fsp3) is 0.304. The first-order chi connectivity index (χ1) is 14.2. The van der Waals surface area contributed by atoms with E-state index < -0.39 is 0 Å². The molecule has 0 amide bonds. The number of fused-ring (bicyclic) bond motifs is 1. The van der Waals surface area contributed by atoms with Crippen molar-refractivity contribution >= 4 is 17.5 Å². The molecule has 0 saturated carbocycles. The number of methoxy groups -OCH3 is 2. The predicted molar refractivity (Wildman–Crippen MR) is 115 cm³/mol. The third kappa shape index (κ3) is 4.11. The molecule has 2 aromatic carbocycles. The van der Waals surface area contributed by atoms with Crippen LogP contribution in [0.2, 0.25) is 0 Å². The first-order valence-electron chi connectivity index (χ1n) is 9.84. The summed E-state index contributed by atoms with van der Waals surface area (Å²) >= 11 is 0. The van der Waals surface area contributed by atoms with Crippen LogP contribution in [-0.4, -0.2) is 30.7 Å². The van der Waals surface area contributed by atoms with Gasteiger partial charge in [0.15, 0.2) is 11.5 Å². The van der Waals surface area contributed by atoms with E-state index in [1.54, 1.807) is 14.2 Å². The van der Waals surface area contributed by atoms with Gasteiger partial charge in [-0.15, -0.1) is 0 Å². The van der Waals surface area contributed by atoms with Crippen LogP contribution in [-0.2, 0) is 13.0 Å². The molecule has 0 spiro atoms. The fourth-order valence-electron chi connectivity index (χ4n) is 3.71. The molecular weight excluding hydrogens is 364 g/mol. The van der Waals surface area contributed by atoms with Crippen molar-refractivity contribution in [1.29, 1.82) is 0 Å². The van der Waals surface area contributed by atoms with Crippen molar-refractivity contribution in [3.8, 4) is 11.5 Å². The smallest absolute Gasteiger partial charge is 0.225 e. The van der Waals surface area contributed by atoms with Gasteiger partial charge in [-0.1, -0.05) is 24.3 Å². The Bertz CT molecular complexity index is 1010. The minimum atomic E-state index is 0.597. The van der Waals surface area contributed by atoms with Gasteiger partial charge in [-0.25, -0.2) is 4.98 Å². The summed E-state index contributed by atoms with van der Waals surface area (Å²) in [6.07, 6.45) is 2.23. The monoisotopic (exact) mass is 390 g/mol. The molecule has 1 aromatic heterocycles. The Morgan fingerprint density at radius 1 is 1.00 bits per heavy atom. The van der Waals surface area contributed by atoms with Crippen molar-refractivity contribution in [2.75, 3.05) is 31.0 Å². The Labute approximate surface area is 171 Å². The van der Waals surface area contributed by atoms with Gasteiger partial charge in [0.05, 0.1) is 14.2 Å². The SMILES string of the molecule is COc1ccc(CNc2nc(C)cc(N3CCCc4ccccc43)n2)cc1OC. The van der Waals surface area contributed by atoms with E-state index in [9.17, 15) is 0 Å². The van der Waals surface area contributed by atoms with Crippen molar-refractivity contribution in [2.24, 2.45) is 0 Å². The van der Waals surface area contributed by atoms with Crippen LogP contribution in [0.3, 0.4) is 0 Å². The van der Waals surface area contributed by atoms with Gasteiger partial charge in [0, 0.05) is 30.5 Å².